The van der Waals surface area contributed by atoms with E-state index in [0.717, 1.165) is 6.07 Å². The minimum atomic E-state index is -1.18. The quantitative estimate of drug-likeness (QED) is 0.758. The Morgan fingerprint density at radius 3 is 2.67 bits per heavy atom. The normalized spacial score (nSPS) is 11.9. The first-order valence-corrected chi connectivity index (χ1v) is 5.95. The zero-order valence-electron chi connectivity index (χ0n) is 11.1. The number of halogens is 1. The number of nitrogens with zero attached hydrogens (tertiary/aromatic N) is 2. The van der Waals surface area contributed by atoms with Gasteiger partial charge in [-0.2, -0.15) is 5.10 Å². The topological polar surface area (TPSA) is 110 Å². The molecule has 0 spiro atoms. The molecule has 0 aliphatic carbocycles. The number of aliphatic carboxylic acids is 1. The number of aryl methyl sites for hydroxylation is 1. The fourth-order valence-corrected chi connectivity index (χ4v) is 1.82. The predicted octanol–water partition coefficient (Wildman–Crippen LogP) is 0.896. The van der Waals surface area contributed by atoms with Crippen molar-refractivity contribution in [3.8, 4) is 0 Å². The van der Waals surface area contributed by atoms with E-state index in [0.29, 0.717) is 5.56 Å². The summed E-state index contributed by atoms with van der Waals surface area (Å²) in [7, 11) is 1.64. The molecule has 0 radical (unpaired) electrons. The average molecular weight is 292 g/mol. The zero-order valence-corrected chi connectivity index (χ0v) is 11.1. The second kappa shape index (κ2) is 5.61. The molecule has 1 aromatic carbocycles. The first kappa shape index (κ1) is 14.5. The number of carbonyl (C=O) groups is 2. The lowest BCUT2D eigenvalue weighted by atomic mass is 10.1. The van der Waals surface area contributed by atoms with E-state index in [2.05, 4.69) is 10.4 Å². The molecular formula is C13H13FN4O3. The van der Waals surface area contributed by atoms with Crippen LogP contribution < -0.4 is 11.1 Å². The van der Waals surface area contributed by atoms with Crippen molar-refractivity contribution in [2.24, 2.45) is 12.8 Å². The highest BCUT2D eigenvalue weighted by molar-refractivity contribution is 5.93. The van der Waals surface area contributed by atoms with Gasteiger partial charge in [-0.25, -0.2) is 9.18 Å². The molecule has 0 aliphatic heterocycles. The van der Waals surface area contributed by atoms with Gasteiger partial charge >= 0.3 is 5.97 Å². The molecule has 0 fully saturated rings. The summed E-state index contributed by atoms with van der Waals surface area (Å²) in [4.78, 5) is 22.3. The van der Waals surface area contributed by atoms with Gasteiger partial charge in [-0.3, -0.25) is 9.48 Å². The summed E-state index contributed by atoms with van der Waals surface area (Å²) in [6.07, 6.45) is 2.89. The first-order chi connectivity index (χ1) is 9.88. The fraction of sp³-hybridized carbons (Fsp3) is 0.154. The third-order valence-corrected chi connectivity index (χ3v) is 2.86. The summed E-state index contributed by atoms with van der Waals surface area (Å²) in [5, 5.41) is 15.7. The number of nitrogens with two attached hydrogens (primary N) is 1. The number of carboxylic acid groups (broad SMARTS) is 1. The summed E-state index contributed by atoms with van der Waals surface area (Å²) in [6.45, 7) is 0. The van der Waals surface area contributed by atoms with Crippen molar-refractivity contribution < 1.29 is 19.1 Å². The number of primary amides is 1. The van der Waals surface area contributed by atoms with Crippen molar-refractivity contribution in [1.82, 2.24) is 9.78 Å². The molecule has 0 saturated heterocycles. The highest BCUT2D eigenvalue weighted by Crippen LogP contribution is 2.22. The Balaban J connectivity index is 2.29. The van der Waals surface area contributed by atoms with Crippen LogP contribution in [0.4, 0.5) is 10.1 Å². The van der Waals surface area contributed by atoms with Gasteiger partial charge in [-0.05, 0) is 18.2 Å². The number of anilines is 1. The second-order valence-electron chi connectivity index (χ2n) is 4.42. The largest absolute Gasteiger partial charge is 0.479 e. The molecule has 7 nitrogen and oxygen atoms in total. The van der Waals surface area contributed by atoms with Crippen LogP contribution in [0.5, 0.6) is 0 Å². The predicted molar refractivity (Wildman–Crippen MR) is 72.1 cm³/mol. The third-order valence-electron chi connectivity index (χ3n) is 2.86. The van der Waals surface area contributed by atoms with Gasteiger partial charge < -0.3 is 16.2 Å². The molecule has 1 amide bonds. The van der Waals surface area contributed by atoms with Gasteiger partial charge in [-0.15, -0.1) is 0 Å². The van der Waals surface area contributed by atoms with Crippen LogP contribution in [0.25, 0.3) is 0 Å². The molecule has 0 aliphatic rings. The summed E-state index contributed by atoms with van der Waals surface area (Å²) in [6, 6.07) is 2.37. The average Bonchev–Trinajstić information content (AvgIpc) is 2.83. The van der Waals surface area contributed by atoms with E-state index in [1.807, 2.05) is 0 Å². The van der Waals surface area contributed by atoms with Crippen molar-refractivity contribution >= 4 is 17.6 Å². The van der Waals surface area contributed by atoms with Crippen LogP contribution in [0.3, 0.4) is 0 Å². The van der Waals surface area contributed by atoms with E-state index in [-0.39, 0.29) is 11.3 Å². The molecule has 0 bridgehead atoms. The van der Waals surface area contributed by atoms with Crippen LogP contribution in [-0.4, -0.2) is 26.8 Å². The van der Waals surface area contributed by atoms with E-state index in [4.69, 9.17) is 5.73 Å². The Bertz CT molecular complexity index is 698. The number of benzene rings is 1. The number of hydrogen-bond acceptors (Lipinski definition) is 4. The van der Waals surface area contributed by atoms with Gasteiger partial charge in [-0.1, -0.05) is 0 Å². The van der Waals surface area contributed by atoms with Crippen molar-refractivity contribution in [3.05, 3.63) is 47.5 Å². The lowest BCUT2D eigenvalue weighted by Gasteiger charge is -2.15. The highest BCUT2D eigenvalue weighted by atomic mass is 19.1. The lowest BCUT2D eigenvalue weighted by molar-refractivity contribution is -0.138. The number of hydrogen-bond donors (Lipinski definition) is 3. The summed E-state index contributed by atoms with van der Waals surface area (Å²) in [5.41, 5.74) is 5.38. The molecule has 1 aromatic heterocycles. The Kier molecular flexibility index (Phi) is 3.88. The van der Waals surface area contributed by atoms with Crippen LogP contribution in [-0.2, 0) is 11.8 Å². The first-order valence-electron chi connectivity index (χ1n) is 5.95. The molecular weight excluding hydrogens is 279 g/mol. The van der Waals surface area contributed by atoms with E-state index >= 15 is 0 Å². The van der Waals surface area contributed by atoms with Gasteiger partial charge in [0, 0.05) is 24.4 Å². The molecule has 2 rings (SSSR count). The third kappa shape index (κ3) is 3.16. The standard InChI is InChI=1S/C13H13FN4O3/c1-18-6-8(5-16-18)11(13(20)21)17-10-3-2-7(12(15)19)4-9(10)14/h2-6,11,17H,1H3,(H2,15,19)(H,20,21). The van der Waals surface area contributed by atoms with Crippen LogP contribution in [0, 0.1) is 5.82 Å². The van der Waals surface area contributed by atoms with Crippen LogP contribution in [0.15, 0.2) is 30.6 Å². The number of rotatable bonds is 5. The SMILES string of the molecule is Cn1cc(C(Nc2ccc(C(N)=O)cc2F)C(=O)O)cn1. The molecule has 4 N–H and O–H groups in total. The molecule has 0 saturated carbocycles. The molecule has 21 heavy (non-hydrogen) atoms. The van der Waals surface area contributed by atoms with Crippen molar-refractivity contribution in [1.29, 1.82) is 0 Å². The molecule has 1 unspecified atom stereocenters. The monoisotopic (exact) mass is 292 g/mol. The van der Waals surface area contributed by atoms with E-state index < -0.39 is 23.7 Å². The zero-order chi connectivity index (χ0) is 15.6. The van der Waals surface area contributed by atoms with Crippen LogP contribution in [0.1, 0.15) is 22.0 Å². The van der Waals surface area contributed by atoms with Crippen molar-refractivity contribution in [2.45, 2.75) is 6.04 Å². The molecule has 1 heterocycles. The van der Waals surface area contributed by atoms with Crippen molar-refractivity contribution in [2.75, 3.05) is 5.32 Å². The Morgan fingerprint density at radius 2 is 2.19 bits per heavy atom. The van der Waals surface area contributed by atoms with Crippen LogP contribution >= 0.6 is 0 Å². The number of carbonyl (C=O) groups excluding carboxylic acids is 1. The summed E-state index contributed by atoms with van der Waals surface area (Å²) < 4.78 is 15.3. The number of nitrogens with one attached hydrogen (secondary N) is 1. The van der Waals surface area contributed by atoms with Gasteiger partial charge in [0.25, 0.3) is 0 Å². The lowest BCUT2D eigenvalue weighted by Crippen LogP contribution is -2.21. The summed E-state index contributed by atoms with van der Waals surface area (Å²) >= 11 is 0. The fourth-order valence-electron chi connectivity index (χ4n) is 1.82. The Labute approximate surface area is 119 Å². The number of aromatic nitrogens is 2. The van der Waals surface area contributed by atoms with E-state index in [1.54, 1.807) is 7.05 Å². The summed E-state index contributed by atoms with van der Waals surface area (Å²) in [5.74, 6) is -2.70. The number of carboxylic acids is 1. The Hall–Kier alpha value is -2.90. The molecule has 1 atom stereocenters. The van der Waals surface area contributed by atoms with Gasteiger partial charge in [0.2, 0.25) is 5.91 Å². The molecule has 8 heteroatoms. The minimum absolute atomic E-state index is 0.00584. The maximum atomic E-state index is 13.9. The van der Waals surface area contributed by atoms with Crippen molar-refractivity contribution in [3.63, 3.8) is 0 Å². The maximum absolute atomic E-state index is 13.9. The van der Waals surface area contributed by atoms with E-state index in [1.165, 1.54) is 29.2 Å². The van der Waals surface area contributed by atoms with Crippen LogP contribution in [0.2, 0.25) is 0 Å². The molecule has 2 aromatic rings. The van der Waals surface area contributed by atoms with Gasteiger partial charge in [0.1, 0.15) is 5.82 Å². The number of amides is 1. The maximum Gasteiger partial charge on any atom is 0.330 e. The van der Waals surface area contributed by atoms with Gasteiger partial charge in [0.15, 0.2) is 6.04 Å². The minimum Gasteiger partial charge on any atom is -0.479 e. The van der Waals surface area contributed by atoms with E-state index in [9.17, 15) is 19.1 Å². The van der Waals surface area contributed by atoms with Gasteiger partial charge in [0.05, 0.1) is 11.9 Å². The second-order valence-corrected chi connectivity index (χ2v) is 4.42. The Morgan fingerprint density at radius 1 is 1.48 bits per heavy atom. The smallest absolute Gasteiger partial charge is 0.330 e. The highest BCUT2D eigenvalue weighted by Gasteiger charge is 2.22. The molecule has 110 valence electrons.